The second-order valence-corrected chi connectivity index (χ2v) is 7.73. The number of ether oxygens (including phenoxy) is 2. The number of methoxy groups -OCH3 is 2. The molecule has 188 valence electrons. The number of fused-ring (bicyclic) bond motifs is 3. The molecule has 0 N–H and O–H groups in total. The fourth-order valence-corrected chi connectivity index (χ4v) is 3.39. The van der Waals surface area contributed by atoms with Gasteiger partial charge in [-0.25, -0.2) is 0 Å². The van der Waals surface area contributed by atoms with Crippen LogP contribution >= 0.6 is 0 Å². The van der Waals surface area contributed by atoms with Gasteiger partial charge in [-0.3, -0.25) is 20.2 Å². The van der Waals surface area contributed by atoms with Crippen LogP contribution in [0.5, 0.6) is 11.5 Å². The third-order valence-electron chi connectivity index (χ3n) is 5.32. The number of nitro groups is 2. The van der Waals surface area contributed by atoms with Crippen molar-refractivity contribution in [1.29, 1.82) is 0 Å². The quantitative estimate of drug-likeness (QED) is 0.223. The summed E-state index contributed by atoms with van der Waals surface area (Å²) in [6, 6.07) is 11.5. The molecule has 0 aliphatic heterocycles. The summed E-state index contributed by atoms with van der Waals surface area (Å²) < 4.78 is 10.7. The highest BCUT2D eigenvalue weighted by atomic mass is 16.6. The van der Waals surface area contributed by atoms with Crippen molar-refractivity contribution in [2.45, 2.75) is 0 Å². The van der Waals surface area contributed by atoms with E-state index in [0.29, 0.717) is 32.4 Å². The van der Waals surface area contributed by atoms with Gasteiger partial charge in [0.1, 0.15) is 0 Å². The molecule has 0 unspecified atom stereocenters. The van der Waals surface area contributed by atoms with Crippen LogP contribution in [0, 0.1) is 20.2 Å². The van der Waals surface area contributed by atoms with Gasteiger partial charge in [0.25, 0.3) is 11.4 Å². The largest absolute Gasteiger partial charge is 0.493 e. The van der Waals surface area contributed by atoms with Crippen LogP contribution in [-0.4, -0.2) is 24.1 Å². The Bertz CT molecular complexity index is 2220. The summed E-state index contributed by atoms with van der Waals surface area (Å²) in [6.07, 6.45) is 0. The lowest BCUT2D eigenvalue weighted by Gasteiger charge is -2.05. The molecule has 0 saturated carbocycles. The molecular formula is C32H14N2O6. The summed E-state index contributed by atoms with van der Waals surface area (Å²) in [7, 11) is 3.00. The van der Waals surface area contributed by atoms with E-state index in [4.69, 9.17) is 9.47 Å². The van der Waals surface area contributed by atoms with E-state index >= 15 is 0 Å². The van der Waals surface area contributed by atoms with Crippen molar-refractivity contribution in [3.63, 3.8) is 0 Å². The third-order valence-corrected chi connectivity index (χ3v) is 5.32. The summed E-state index contributed by atoms with van der Waals surface area (Å²) in [4.78, 5) is 21.5. The Morgan fingerprint density at radius 2 is 0.800 bits per heavy atom. The minimum Gasteiger partial charge on any atom is -0.493 e. The van der Waals surface area contributed by atoms with Crippen LogP contribution in [0.3, 0.4) is 0 Å². The summed E-state index contributed by atoms with van der Waals surface area (Å²) >= 11 is 0. The predicted octanol–water partition coefficient (Wildman–Crippen LogP) is 0.810. The molecule has 3 aromatic carbocycles. The molecule has 40 heavy (non-hydrogen) atoms. The molecule has 0 heterocycles. The molecule has 0 radical (unpaired) electrons. The summed E-state index contributed by atoms with van der Waals surface area (Å²) in [5, 5.41) is 25.0. The molecule has 0 fully saturated rings. The Kier molecular flexibility index (Phi) is 8.01. The molecule has 1 aliphatic carbocycles. The van der Waals surface area contributed by atoms with Gasteiger partial charge in [0.05, 0.1) is 24.1 Å². The zero-order chi connectivity index (χ0) is 28.5. The van der Waals surface area contributed by atoms with E-state index in [1.54, 1.807) is 12.1 Å². The molecule has 0 bridgehead atoms. The van der Waals surface area contributed by atoms with Crippen LogP contribution < -0.4 is 40.8 Å². The Balaban J connectivity index is 2.41. The maximum atomic E-state index is 11.3. The smallest absolute Gasteiger partial charge is 0.270 e. The number of nitrogens with zero attached hydrogens (tertiary/aromatic N) is 2. The van der Waals surface area contributed by atoms with Crippen molar-refractivity contribution >= 4 is 45.8 Å². The molecule has 8 heteroatoms. The number of nitro benzene ring substituents is 2. The van der Waals surface area contributed by atoms with Gasteiger partial charge in [-0.1, -0.05) is 34.4 Å². The van der Waals surface area contributed by atoms with E-state index < -0.39 is 9.85 Å². The van der Waals surface area contributed by atoms with E-state index in [0.717, 1.165) is 0 Å². The van der Waals surface area contributed by atoms with Gasteiger partial charge in [0, 0.05) is 67.7 Å². The summed E-state index contributed by atoms with van der Waals surface area (Å²) in [6.45, 7) is 0. The molecule has 0 atom stereocenters. The Morgan fingerprint density at radius 1 is 0.500 bits per heavy atom. The minimum atomic E-state index is -0.542. The zero-order valence-electron chi connectivity index (χ0n) is 21.0. The fraction of sp³-hybridized carbons (Fsp3) is 0.0625. The van der Waals surface area contributed by atoms with E-state index in [1.165, 1.54) is 50.6 Å². The molecule has 1 aliphatic rings. The lowest BCUT2D eigenvalue weighted by molar-refractivity contribution is -0.385. The lowest BCUT2D eigenvalue weighted by Crippen LogP contribution is -2.22. The van der Waals surface area contributed by atoms with Gasteiger partial charge in [-0.2, -0.15) is 0 Å². The van der Waals surface area contributed by atoms with Crippen LogP contribution in [0.2, 0.25) is 0 Å². The van der Waals surface area contributed by atoms with Gasteiger partial charge in [-0.05, 0) is 46.5 Å². The van der Waals surface area contributed by atoms with Gasteiger partial charge in [0.2, 0.25) is 0 Å². The molecule has 8 nitrogen and oxygen atoms in total. The Morgan fingerprint density at radius 3 is 1.10 bits per heavy atom. The van der Waals surface area contributed by atoms with Crippen LogP contribution in [0.15, 0.2) is 82.9 Å². The van der Waals surface area contributed by atoms with Gasteiger partial charge < -0.3 is 9.47 Å². The van der Waals surface area contributed by atoms with Crippen LogP contribution in [0.25, 0.3) is 34.4 Å². The number of hydrogen-bond donors (Lipinski definition) is 0. The van der Waals surface area contributed by atoms with Gasteiger partial charge in [-0.15, -0.1) is 0 Å². The normalized spacial score (nSPS) is 10.2. The van der Waals surface area contributed by atoms with Crippen LogP contribution in [0.1, 0.15) is 0 Å². The molecular weight excluding hydrogens is 508 g/mol. The number of rotatable bonds is 4. The van der Waals surface area contributed by atoms with Crippen molar-refractivity contribution < 1.29 is 19.3 Å². The van der Waals surface area contributed by atoms with Crippen molar-refractivity contribution in [1.82, 2.24) is 0 Å². The molecule has 4 rings (SSSR count). The SMILES string of the molecule is COc1cc2c(cc1OC)=C=C=C=C=c1ccc([N+](=O)[O-])cc1=C=C=C=C=c1cc([N+](=O)[O-])ccc1=C=C=C=C=2. The Labute approximate surface area is 225 Å². The van der Waals surface area contributed by atoms with E-state index in [1.807, 2.05) is 0 Å². The third kappa shape index (κ3) is 6.21. The first-order valence-corrected chi connectivity index (χ1v) is 11.3. The maximum Gasteiger partial charge on any atom is 0.270 e. The van der Waals surface area contributed by atoms with Crippen molar-refractivity contribution in [3.05, 3.63) is 134 Å². The highest BCUT2D eigenvalue weighted by Crippen LogP contribution is 2.21. The van der Waals surface area contributed by atoms with Gasteiger partial charge >= 0.3 is 0 Å². The molecule has 3 aromatic rings. The summed E-state index contributed by atoms with van der Waals surface area (Å²) in [5.74, 6) is 0.890. The standard InChI is InChI=1S/C32H14N2O6/c1-39-31-21-27-13-5-3-9-23-15-17-29(33(35)36)19-25(23)11-7-8-12-26-20-30(34(37)38)18-16-24(26)10-4-6-14-28(27)22-32(31)40-2/h15-22H,1-2H3. The average molecular weight is 522 g/mol. The first-order chi connectivity index (χ1) is 19.4. The first-order valence-electron chi connectivity index (χ1n) is 11.3. The number of benzene rings is 3. The van der Waals surface area contributed by atoms with E-state index in [-0.39, 0.29) is 21.8 Å². The molecule has 0 spiro atoms. The highest BCUT2D eigenvalue weighted by molar-refractivity contribution is 5.45. The van der Waals surface area contributed by atoms with Crippen LogP contribution in [-0.2, 0) is 0 Å². The van der Waals surface area contributed by atoms with E-state index in [2.05, 4.69) is 68.8 Å². The molecule has 0 aromatic heterocycles. The predicted molar refractivity (Wildman–Crippen MR) is 145 cm³/mol. The lowest BCUT2D eigenvalue weighted by atomic mass is 10.2. The Hall–Kier alpha value is -6.58. The molecule has 0 amide bonds. The van der Waals surface area contributed by atoms with Crippen molar-refractivity contribution in [2.24, 2.45) is 0 Å². The topological polar surface area (TPSA) is 105 Å². The highest BCUT2D eigenvalue weighted by Gasteiger charge is 2.05. The molecule has 0 saturated heterocycles. The maximum absolute atomic E-state index is 11.3. The monoisotopic (exact) mass is 522 g/mol. The first kappa shape index (κ1) is 26.5. The van der Waals surface area contributed by atoms with Crippen LogP contribution in [0.4, 0.5) is 11.4 Å². The van der Waals surface area contributed by atoms with Gasteiger partial charge in [0.15, 0.2) is 11.5 Å². The fourth-order valence-electron chi connectivity index (χ4n) is 3.39. The van der Waals surface area contributed by atoms with Crippen molar-refractivity contribution in [2.75, 3.05) is 14.2 Å². The minimum absolute atomic E-state index is 0.166. The average Bonchev–Trinajstić information content (AvgIpc) is 2.95. The van der Waals surface area contributed by atoms with Crippen molar-refractivity contribution in [3.8, 4) is 11.5 Å². The van der Waals surface area contributed by atoms with E-state index in [9.17, 15) is 20.2 Å². The summed E-state index contributed by atoms with van der Waals surface area (Å²) in [5.41, 5.74) is 33.1. The second kappa shape index (κ2) is 12.1. The second-order valence-electron chi connectivity index (χ2n) is 7.73. The zero-order valence-corrected chi connectivity index (χ0v) is 21.0. The number of non-ortho nitro benzene ring substituents is 2. The number of hydrogen-bond acceptors (Lipinski definition) is 6.